The zero-order valence-electron chi connectivity index (χ0n) is 14.5. The molecule has 2 heterocycles. The lowest BCUT2D eigenvalue weighted by molar-refractivity contribution is 0.0706. The van der Waals surface area contributed by atoms with E-state index >= 15 is 0 Å². The van der Waals surface area contributed by atoms with Crippen LogP contribution >= 0.6 is 0 Å². The van der Waals surface area contributed by atoms with E-state index in [2.05, 4.69) is 9.97 Å². The highest BCUT2D eigenvalue weighted by Gasteiger charge is 2.28. The molecule has 0 saturated carbocycles. The van der Waals surface area contributed by atoms with Crippen LogP contribution in [0.1, 0.15) is 47.6 Å². The van der Waals surface area contributed by atoms with Crippen molar-refractivity contribution in [3.63, 3.8) is 0 Å². The number of carbonyl (C=O) groups excluding carboxylic acids is 1. The maximum atomic E-state index is 14.0. The number of halogens is 1. The van der Waals surface area contributed by atoms with Crippen LogP contribution in [0.5, 0.6) is 5.75 Å². The molecule has 0 radical (unpaired) electrons. The van der Waals surface area contributed by atoms with E-state index in [1.54, 1.807) is 30.2 Å². The fourth-order valence-electron chi connectivity index (χ4n) is 3.14. The first-order valence-corrected chi connectivity index (χ1v) is 8.60. The summed E-state index contributed by atoms with van der Waals surface area (Å²) in [4.78, 5) is 23.4. The highest BCUT2D eigenvalue weighted by molar-refractivity contribution is 5.97. The lowest BCUT2D eigenvalue weighted by Crippen LogP contribution is -2.38. The number of piperidine rings is 1. The number of likely N-dealkylation sites (tertiary alicyclic amines) is 1. The lowest BCUT2D eigenvalue weighted by atomic mass is 9.95. The van der Waals surface area contributed by atoms with E-state index in [0.29, 0.717) is 19.7 Å². The fourth-order valence-corrected chi connectivity index (χ4v) is 3.14. The topological polar surface area (TPSA) is 55.3 Å². The molecule has 0 atom stereocenters. The van der Waals surface area contributed by atoms with Gasteiger partial charge >= 0.3 is 0 Å². The molecule has 3 rings (SSSR count). The van der Waals surface area contributed by atoms with Crippen molar-refractivity contribution in [2.24, 2.45) is 0 Å². The summed E-state index contributed by atoms with van der Waals surface area (Å²) in [5, 5.41) is 0. The Kier molecular flexibility index (Phi) is 5.26. The molecule has 1 amide bonds. The second-order valence-corrected chi connectivity index (χ2v) is 6.17. The smallest absolute Gasteiger partial charge is 0.257 e. The number of carbonyl (C=O) groups is 1. The van der Waals surface area contributed by atoms with Gasteiger partial charge in [0.2, 0.25) is 0 Å². The molecule has 25 heavy (non-hydrogen) atoms. The molecule has 0 unspecified atom stereocenters. The Bertz CT molecular complexity index is 758. The molecule has 5 nitrogen and oxygen atoms in total. The summed E-state index contributed by atoms with van der Waals surface area (Å²) in [5.41, 5.74) is 1.23. The Morgan fingerprint density at radius 1 is 1.32 bits per heavy atom. The summed E-state index contributed by atoms with van der Waals surface area (Å²) in [5.74, 6) is 0.442. The highest BCUT2D eigenvalue weighted by Crippen LogP contribution is 2.29. The normalized spacial score (nSPS) is 15.2. The van der Waals surface area contributed by atoms with Crippen molar-refractivity contribution >= 4 is 5.91 Å². The second kappa shape index (κ2) is 7.59. The molecule has 1 aliphatic rings. The van der Waals surface area contributed by atoms with Crippen molar-refractivity contribution in [3.8, 4) is 5.75 Å². The number of aryl methyl sites for hydroxylation is 1. The number of amides is 1. The number of hydrogen-bond acceptors (Lipinski definition) is 4. The molecule has 0 aliphatic carbocycles. The Balaban J connectivity index is 1.71. The van der Waals surface area contributed by atoms with Gasteiger partial charge in [0, 0.05) is 30.9 Å². The Hall–Kier alpha value is -2.50. The second-order valence-electron chi connectivity index (χ2n) is 6.17. The average Bonchev–Trinajstić information content (AvgIpc) is 2.63. The molecule has 1 aromatic heterocycles. The Labute approximate surface area is 146 Å². The molecular weight excluding hydrogens is 321 g/mol. The van der Waals surface area contributed by atoms with Gasteiger partial charge in [-0.1, -0.05) is 6.07 Å². The zero-order chi connectivity index (χ0) is 17.8. The van der Waals surface area contributed by atoms with E-state index in [0.717, 1.165) is 24.4 Å². The van der Waals surface area contributed by atoms with E-state index in [1.165, 1.54) is 6.07 Å². The number of aromatic nitrogens is 2. The molecule has 1 saturated heterocycles. The van der Waals surface area contributed by atoms with Gasteiger partial charge in [-0.15, -0.1) is 0 Å². The van der Waals surface area contributed by atoms with Crippen molar-refractivity contribution in [1.82, 2.24) is 14.9 Å². The summed E-state index contributed by atoms with van der Waals surface area (Å²) in [7, 11) is 0. The highest BCUT2D eigenvalue weighted by atomic mass is 19.1. The Morgan fingerprint density at radius 3 is 2.76 bits per heavy atom. The van der Waals surface area contributed by atoms with E-state index in [4.69, 9.17) is 4.74 Å². The minimum absolute atomic E-state index is 0.0409. The summed E-state index contributed by atoms with van der Waals surface area (Å²) in [6, 6.07) is 6.34. The van der Waals surface area contributed by atoms with Gasteiger partial charge in [-0.3, -0.25) is 4.79 Å². The van der Waals surface area contributed by atoms with Gasteiger partial charge in [-0.25, -0.2) is 14.4 Å². The third-order valence-corrected chi connectivity index (χ3v) is 4.45. The molecule has 0 bridgehead atoms. The van der Waals surface area contributed by atoms with E-state index in [1.807, 2.05) is 13.0 Å². The molecule has 6 heteroatoms. The van der Waals surface area contributed by atoms with Gasteiger partial charge in [0.05, 0.1) is 12.2 Å². The van der Waals surface area contributed by atoms with Crippen molar-refractivity contribution < 1.29 is 13.9 Å². The fraction of sp³-hybridized carbons (Fsp3) is 0.421. The van der Waals surface area contributed by atoms with Crippen LogP contribution in [0.2, 0.25) is 0 Å². The maximum Gasteiger partial charge on any atom is 0.257 e. The van der Waals surface area contributed by atoms with Crippen LogP contribution in [-0.4, -0.2) is 40.5 Å². The van der Waals surface area contributed by atoms with Crippen LogP contribution in [0.25, 0.3) is 0 Å². The standard InChI is InChI=1S/C19H22FN3O2/c1-3-25-17-15(5-4-6-16(17)20)19(24)23-11-8-14(9-12-23)18-21-10-7-13(2)22-18/h4-7,10,14H,3,8-9,11-12H2,1-2H3. The van der Waals surface area contributed by atoms with Crippen LogP contribution in [0.15, 0.2) is 30.5 Å². The SMILES string of the molecule is CCOc1c(F)cccc1C(=O)N1CCC(c2nccc(C)n2)CC1. The number of ether oxygens (including phenoxy) is 1. The lowest BCUT2D eigenvalue weighted by Gasteiger charge is -2.31. The van der Waals surface area contributed by atoms with Crippen LogP contribution < -0.4 is 4.74 Å². The number of rotatable bonds is 4. The first kappa shape index (κ1) is 17.3. The van der Waals surface area contributed by atoms with Crippen LogP contribution in [0, 0.1) is 12.7 Å². The minimum atomic E-state index is -0.504. The molecule has 1 aliphatic heterocycles. The molecule has 132 valence electrons. The summed E-state index contributed by atoms with van der Waals surface area (Å²) in [6.07, 6.45) is 3.37. The summed E-state index contributed by atoms with van der Waals surface area (Å²) >= 11 is 0. The van der Waals surface area contributed by atoms with Crippen molar-refractivity contribution in [2.75, 3.05) is 19.7 Å². The van der Waals surface area contributed by atoms with Gasteiger partial charge < -0.3 is 9.64 Å². The first-order chi connectivity index (χ1) is 12.1. The van der Waals surface area contributed by atoms with Gasteiger partial charge in [-0.05, 0) is 44.9 Å². The van der Waals surface area contributed by atoms with Gasteiger partial charge in [0.25, 0.3) is 5.91 Å². The van der Waals surface area contributed by atoms with Crippen LogP contribution in [-0.2, 0) is 0 Å². The maximum absolute atomic E-state index is 14.0. The van der Waals surface area contributed by atoms with E-state index < -0.39 is 5.82 Å². The monoisotopic (exact) mass is 343 g/mol. The largest absolute Gasteiger partial charge is 0.490 e. The molecular formula is C19H22FN3O2. The molecule has 1 aromatic carbocycles. The van der Waals surface area contributed by atoms with Crippen LogP contribution in [0.3, 0.4) is 0 Å². The van der Waals surface area contributed by atoms with E-state index in [-0.39, 0.29) is 23.1 Å². The number of nitrogens with zero attached hydrogens (tertiary/aromatic N) is 3. The third kappa shape index (κ3) is 3.78. The van der Waals surface area contributed by atoms with Gasteiger partial charge in [0.15, 0.2) is 11.6 Å². The number of para-hydroxylation sites is 1. The summed E-state index contributed by atoms with van der Waals surface area (Å²) in [6.45, 7) is 5.23. The van der Waals surface area contributed by atoms with Gasteiger partial charge in [-0.2, -0.15) is 0 Å². The predicted molar refractivity (Wildman–Crippen MR) is 92.2 cm³/mol. The van der Waals surface area contributed by atoms with Crippen molar-refractivity contribution in [3.05, 3.63) is 53.4 Å². The minimum Gasteiger partial charge on any atom is -0.490 e. The first-order valence-electron chi connectivity index (χ1n) is 8.60. The average molecular weight is 343 g/mol. The zero-order valence-corrected chi connectivity index (χ0v) is 14.5. The Morgan fingerprint density at radius 2 is 2.08 bits per heavy atom. The molecule has 2 aromatic rings. The predicted octanol–water partition coefficient (Wildman–Crippen LogP) is 3.34. The van der Waals surface area contributed by atoms with Crippen LogP contribution in [0.4, 0.5) is 4.39 Å². The quantitative estimate of drug-likeness (QED) is 0.854. The van der Waals surface area contributed by atoms with Crippen molar-refractivity contribution in [2.45, 2.75) is 32.6 Å². The molecule has 0 N–H and O–H groups in total. The van der Waals surface area contributed by atoms with E-state index in [9.17, 15) is 9.18 Å². The van der Waals surface area contributed by atoms with Gasteiger partial charge in [0.1, 0.15) is 5.82 Å². The van der Waals surface area contributed by atoms with Crippen molar-refractivity contribution in [1.29, 1.82) is 0 Å². The third-order valence-electron chi connectivity index (χ3n) is 4.45. The summed E-state index contributed by atoms with van der Waals surface area (Å²) < 4.78 is 19.3. The molecule has 0 spiro atoms. The number of benzene rings is 1. The molecule has 1 fully saturated rings. The number of hydrogen-bond donors (Lipinski definition) is 0.